The van der Waals surface area contributed by atoms with E-state index in [9.17, 15) is 13.6 Å². The molecule has 5 nitrogen and oxygen atoms in total. The third-order valence-electron chi connectivity index (χ3n) is 2.27. The second-order valence-corrected chi connectivity index (χ2v) is 3.46. The topological polar surface area (TPSA) is 74.4 Å². The largest absolute Gasteiger partial charge is 0.481 e. The summed E-state index contributed by atoms with van der Waals surface area (Å²) < 4.78 is 36.3. The molecule has 0 fully saturated rings. The number of carbonyl (C=O) groups excluding carboxylic acids is 1. The number of hydrogen-bond donors (Lipinski definition) is 1. The molecule has 0 saturated heterocycles. The average molecular weight is 260 g/mol. The minimum Gasteiger partial charge on any atom is -0.481 e. The van der Waals surface area contributed by atoms with Crippen LogP contribution in [0.4, 0.5) is 8.78 Å². The Labute approximate surface area is 103 Å². The summed E-state index contributed by atoms with van der Waals surface area (Å²) in [6.07, 6.45) is 1.14. The minimum absolute atomic E-state index is 0.0221. The van der Waals surface area contributed by atoms with Crippen LogP contribution < -0.4 is 10.5 Å². The van der Waals surface area contributed by atoms with Gasteiger partial charge in [0.15, 0.2) is 0 Å². The summed E-state index contributed by atoms with van der Waals surface area (Å²) in [5.74, 6) is -5.18. The van der Waals surface area contributed by atoms with E-state index in [2.05, 4.69) is 9.72 Å². The first-order valence-electron chi connectivity index (χ1n) is 5.24. The first-order chi connectivity index (χ1) is 8.43. The summed E-state index contributed by atoms with van der Waals surface area (Å²) in [5, 5.41) is 0. The first-order valence-corrected chi connectivity index (χ1v) is 5.24. The van der Waals surface area contributed by atoms with Gasteiger partial charge in [0.1, 0.15) is 6.04 Å². The molecule has 0 aliphatic carbocycles. The van der Waals surface area contributed by atoms with Gasteiger partial charge in [-0.15, -0.1) is 0 Å². The Morgan fingerprint density at radius 1 is 1.56 bits per heavy atom. The van der Waals surface area contributed by atoms with Crippen molar-refractivity contribution in [2.24, 2.45) is 5.73 Å². The standard InChI is InChI=1S/C11H14F2N2O3/c1-3-18-10(16)11(12,13)9(14)7-4-5-8(17-2)15-6-7/h4-6,9H,3,14H2,1-2H3/t9-/m0/s1. The highest BCUT2D eigenvalue weighted by atomic mass is 19.3. The lowest BCUT2D eigenvalue weighted by molar-refractivity contribution is -0.174. The molecule has 1 aromatic heterocycles. The van der Waals surface area contributed by atoms with Gasteiger partial charge in [-0.1, -0.05) is 6.07 Å². The molecule has 0 radical (unpaired) electrons. The van der Waals surface area contributed by atoms with Gasteiger partial charge in [-0.25, -0.2) is 9.78 Å². The smallest absolute Gasteiger partial charge is 0.379 e. The van der Waals surface area contributed by atoms with Crippen LogP contribution >= 0.6 is 0 Å². The first kappa shape index (κ1) is 14.3. The number of hydrogen-bond acceptors (Lipinski definition) is 5. The molecule has 18 heavy (non-hydrogen) atoms. The lowest BCUT2D eigenvalue weighted by Gasteiger charge is -2.21. The van der Waals surface area contributed by atoms with E-state index in [0.29, 0.717) is 0 Å². The van der Waals surface area contributed by atoms with Crippen molar-refractivity contribution in [3.63, 3.8) is 0 Å². The van der Waals surface area contributed by atoms with Crippen molar-refractivity contribution in [3.8, 4) is 5.88 Å². The Balaban J connectivity index is 2.90. The molecular formula is C11H14F2N2O3. The zero-order valence-electron chi connectivity index (χ0n) is 10.0. The van der Waals surface area contributed by atoms with Crippen LogP contribution in [0.25, 0.3) is 0 Å². The number of rotatable bonds is 5. The average Bonchev–Trinajstić information content (AvgIpc) is 2.38. The zero-order valence-corrected chi connectivity index (χ0v) is 10.0. The number of carbonyl (C=O) groups is 1. The zero-order chi connectivity index (χ0) is 13.8. The molecule has 1 rings (SSSR count). The summed E-state index contributed by atoms with van der Waals surface area (Å²) >= 11 is 0. The number of halogens is 2. The van der Waals surface area contributed by atoms with Crippen LogP contribution in [0.5, 0.6) is 5.88 Å². The van der Waals surface area contributed by atoms with Gasteiger partial charge < -0.3 is 15.2 Å². The van der Waals surface area contributed by atoms with Crippen LogP contribution in [0.15, 0.2) is 18.3 Å². The Hall–Kier alpha value is -1.76. The fourth-order valence-electron chi connectivity index (χ4n) is 1.26. The van der Waals surface area contributed by atoms with Gasteiger partial charge in [-0.2, -0.15) is 8.78 Å². The molecular weight excluding hydrogens is 246 g/mol. The second kappa shape index (κ2) is 5.72. The summed E-state index contributed by atoms with van der Waals surface area (Å²) in [6, 6.07) is 0.898. The van der Waals surface area contributed by atoms with Crippen LogP contribution in [0.2, 0.25) is 0 Å². The van der Waals surface area contributed by atoms with Gasteiger partial charge in [0.05, 0.1) is 13.7 Å². The number of nitrogens with two attached hydrogens (primary N) is 1. The van der Waals surface area contributed by atoms with E-state index in [1.54, 1.807) is 0 Å². The molecule has 0 spiro atoms. The van der Waals surface area contributed by atoms with Crippen LogP contribution in [-0.4, -0.2) is 30.6 Å². The third-order valence-corrected chi connectivity index (χ3v) is 2.27. The van der Waals surface area contributed by atoms with Gasteiger partial charge in [0, 0.05) is 12.3 Å². The Bertz CT molecular complexity index is 409. The molecule has 0 amide bonds. The molecule has 100 valence electrons. The number of alkyl halides is 2. The third kappa shape index (κ3) is 2.92. The summed E-state index contributed by atoms with van der Waals surface area (Å²) in [5.41, 5.74) is 5.39. The van der Waals surface area contributed by atoms with Crippen molar-refractivity contribution in [1.82, 2.24) is 4.98 Å². The highest BCUT2D eigenvalue weighted by Gasteiger charge is 2.47. The predicted molar refractivity (Wildman–Crippen MR) is 59.3 cm³/mol. The molecule has 0 aromatic carbocycles. The van der Waals surface area contributed by atoms with Crippen LogP contribution in [0.3, 0.4) is 0 Å². The lowest BCUT2D eigenvalue weighted by Crippen LogP contribution is -2.41. The maximum Gasteiger partial charge on any atom is 0.379 e. The summed E-state index contributed by atoms with van der Waals surface area (Å²) in [6.45, 7) is 1.30. The highest BCUT2D eigenvalue weighted by Crippen LogP contribution is 2.30. The van der Waals surface area contributed by atoms with E-state index in [0.717, 1.165) is 6.20 Å². The maximum atomic E-state index is 13.6. The fraction of sp³-hybridized carbons (Fsp3) is 0.455. The van der Waals surface area contributed by atoms with E-state index in [-0.39, 0.29) is 18.1 Å². The van der Waals surface area contributed by atoms with E-state index in [1.165, 1.54) is 26.2 Å². The van der Waals surface area contributed by atoms with E-state index in [4.69, 9.17) is 10.5 Å². The molecule has 0 unspecified atom stereocenters. The summed E-state index contributed by atoms with van der Waals surface area (Å²) in [4.78, 5) is 14.9. The van der Waals surface area contributed by atoms with Crippen molar-refractivity contribution < 1.29 is 23.0 Å². The fourth-order valence-corrected chi connectivity index (χ4v) is 1.26. The number of ether oxygens (including phenoxy) is 2. The quantitative estimate of drug-likeness (QED) is 0.807. The molecule has 0 bridgehead atoms. The highest BCUT2D eigenvalue weighted by molar-refractivity contribution is 5.78. The Morgan fingerprint density at radius 2 is 2.22 bits per heavy atom. The van der Waals surface area contributed by atoms with E-state index < -0.39 is 17.9 Å². The Kier molecular flexibility index (Phi) is 4.55. The molecule has 1 atom stereocenters. The summed E-state index contributed by atoms with van der Waals surface area (Å²) in [7, 11) is 1.40. The normalized spacial score (nSPS) is 12.9. The van der Waals surface area contributed by atoms with Crippen molar-refractivity contribution in [2.75, 3.05) is 13.7 Å². The van der Waals surface area contributed by atoms with Gasteiger partial charge in [-0.3, -0.25) is 0 Å². The van der Waals surface area contributed by atoms with Crippen molar-refractivity contribution in [3.05, 3.63) is 23.9 Å². The number of nitrogens with zero attached hydrogens (tertiary/aromatic N) is 1. The van der Waals surface area contributed by atoms with E-state index >= 15 is 0 Å². The SMILES string of the molecule is CCOC(=O)C(F)(F)[C@@H](N)c1ccc(OC)nc1. The molecule has 0 saturated carbocycles. The molecule has 0 aliphatic rings. The van der Waals surface area contributed by atoms with Gasteiger partial charge in [0.2, 0.25) is 5.88 Å². The molecule has 7 heteroatoms. The van der Waals surface area contributed by atoms with Crippen LogP contribution in [0.1, 0.15) is 18.5 Å². The van der Waals surface area contributed by atoms with Crippen LogP contribution in [0, 0.1) is 0 Å². The number of aromatic nitrogens is 1. The van der Waals surface area contributed by atoms with Crippen molar-refractivity contribution >= 4 is 5.97 Å². The monoisotopic (exact) mass is 260 g/mol. The van der Waals surface area contributed by atoms with Crippen molar-refractivity contribution in [2.45, 2.75) is 18.9 Å². The lowest BCUT2D eigenvalue weighted by atomic mass is 10.0. The molecule has 0 aliphatic heterocycles. The van der Waals surface area contributed by atoms with Gasteiger partial charge in [-0.05, 0) is 12.5 Å². The molecule has 1 aromatic rings. The van der Waals surface area contributed by atoms with Gasteiger partial charge >= 0.3 is 11.9 Å². The molecule has 2 N–H and O–H groups in total. The Morgan fingerprint density at radius 3 is 2.67 bits per heavy atom. The van der Waals surface area contributed by atoms with Crippen molar-refractivity contribution in [1.29, 1.82) is 0 Å². The number of methoxy groups -OCH3 is 1. The second-order valence-electron chi connectivity index (χ2n) is 3.46. The number of pyridine rings is 1. The maximum absolute atomic E-state index is 13.6. The molecule has 1 heterocycles. The van der Waals surface area contributed by atoms with Gasteiger partial charge in [0.25, 0.3) is 0 Å². The minimum atomic E-state index is -3.80. The van der Waals surface area contributed by atoms with E-state index in [1.807, 2.05) is 0 Å². The predicted octanol–water partition coefficient (Wildman–Crippen LogP) is 1.29. The van der Waals surface area contributed by atoms with Crippen LogP contribution in [-0.2, 0) is 9.53 Å². The number of esters is 1.